The fraction of sp³-hybridized carbons (Fsp3) is 0.500. The predicted octanol–water partition coefficient (Wildman–Crippen LogP) is 1.13. The van der Waals surface area contributed by atoms with Crippen LogP contribution in [0.5, 0.6) is 0 Å². The minimum absolute atomic E-state index is 0.00452. The van der Waals surface area contributed by atoms with Crippen molar-refractivity contribution in [3.63, 3.8) is 0 Å². The van der Waals surface area contributed by atoms with Crippen LogP contribution in [0.15, 0.2) is 18.3 Å². The number of aryl methyl sites for hydroxylation is 1. The first-order chi connectivity index (χ1) is 9.02. The summed E-state index contributed by atoms with van der Waals surface area (Å²) >= 11 is 0. The summed E-state index contributed by atoms with van der Waals surface area (Å²) in [4.78, 5) is 28.4. The predicted molar refractivity (Wildman–Crippen MR) is 73.4 cm³/mol. The first kappa shape index (κ1) is 15.1. The topological polar surface area (TPSA) is 62.3 Å². The van der Waals surface area contributed by atoms with E-state index in [2.05, 4.69) is 17.2 Å². The van der Waals surface area contributed by atoms with Crippen LogP contribution in [0.4, 0.5) is 0 Å². The first-order valence-corrected chi connectivity index (χ1v) is 6.45. The van der Waals surface area contributed by atoms with Crippen LogP contribution in [0.2, 0.25) is 0 Å². The largest absolute Gasteiger partial charge is 0.356 e. The number of pyridine rings is 1. The maximum atomic E-state index is 11.8. The molecule has 0 unspecified atom stereocenters. The van der Waals surface area contributed by atoms with E-state index in [1.807, 2.05) is 18.3 Å². The molecule has 5 heteroatoms. The molecule has 0 saturated carbocycles. The third-order valence-electron chi connectivity index (χ3n) is 2.83. The van der Waals surface area contributed by atoms with Gasteiger partial charge in [0.05, 0.1) is 12.2 Å². The number of aromatic nitrogens is 1. The summed E-state index contributed by atoms with van der Waals surface area (Å²) in [6.07, 6.45) is 3.10. The van der Waals surface area contributed by atoms with Gasteiger partial charge < -0.3 is 10.2 Å². The van der Waals surface area contributed by atoms with Crippen LogP contribution in [0.25, 0.3) is 0 Å². The van der Waals surface area contributed by atoms with Gasteiger partial charge in [-0.1, -0.05) is 13.0 Å². The molecule has 2 amide bonds. The number of amides is 2. The molecule has 1 aromatic heterocycles. The van der Waals surface area contributed by atoms with Crippen LogP contribution in [-0.4, -0.2) is 35.3 Å². The van der Waals surface area contributed by atoms with Gasteiger partial charge in [0, 0.05) is 33.1 Å². The van der Waals surface area contributed by atoms with Crippen molar-refractivity contribution < 1.29 is 9.59 Å². The lowest BCUT2D eigenvalue weighted by Crippen LogP contribution is -2.31. The molecule has 1 rings (SSSR count). The van der Waals surface area contributed by atoms with Gasteiger partial charge in [-0.2, -0.15) is 0 Å². The summed E-state index contributed by atoms with van der Waals surface area (Å²) in [6, 6.07) is 3.97. The average molecular weight is 263 g/mol. The van der Waals surface area contributed by atoms with E-state index in [9.17, 15) is 9.59 Å². The van der Waals surface area contributed by atoms with Crippen LogP contribution in [-0.2, 0) is 22.6 Å². The molecule has 0 radical (unpaired) electrons. The van der Waals surface area contributed by atoms with E-state index >= 15 is 0 Å². The monoisotopic (exact) mass is 263 g/mol. The zero-order valence-corrected chi connectivity index (χ0v) is 11.8. The number of rotatable bonds is 6. The Hall–Kier alpha value is -1.91. The van der Waals surface area contributed by atoms with Crippen molar-refractivity contribution in [3.8, 4) is 0 Å². The fourth-order valence-corrected chi connectivity index (χ4v) is 1.63. The van der Waals surface area contributed by atoms with E-state index in [-0.39, 0.29) is 11.8 Å². The second-order valence-corrected chi connectivity index (χ2v) is 4.49. The minimum Gasteiger partial charge on any atom is -0.356 e. The summed E-state index contributed by atoms with van der Waals surface area (Å²) in [7, 11) is 1.74. The molecule has 0 aliphatic heterocycles. The van der Waals surface area contributed by atoms with Crippen LogP contribution in [0.3, 0.4) is 0 Å². The van der Waals surface area contributed by atoms with Gasteiger partial charge in [-0.3, -0.25) is 14.6 Å². The Balaban J connectivity index is 2.42. The number of hydrogen-bond donors (Lipinski definition) is 1. The Morgan fingerprint density at radius 2 is 2.11 bits per heavy atom. The second-order valence-electron chi connectivity index (χ2n) is 4.49. The highest BCUT2D eigenvalue weighted by molar-refractivity contribution is 5.77. The van der Waals surface area contributed by atoms with Gasteiger partial charge in [0.25, 0.3) is 0 Å². The molecule has 0 fully saturated rings. The van der Waals surface area contributed by atoms with Crippen molar-refractivity contribution in [1.29, 1.82) is 0 Å². The van der Waals surface area contributed by atoms with E-state index in [1.165, 1.54) is 12.5 Å². The van der Waals surface area contributed by atoms with E-state index in [4.69, 9.17) is 0 Å². The van der Waals surface area contributed by atoms with E-state index in [1.54, 1.807) is 11.9 Å². The van der Waals surface area contributed by atoms with Gasteiger partial charge in [-0.05, 0) is 18.1 Å². The van der Waals surface area contributed by atoms with Crippen LogP contribution >= 0.6 is 0 Å². The Morgan fingerprint density at radius 1 is 1.37 bits per heavy atom. The number of hydrogen-bond acceptors (Lipinski definition) is 3. The Labute approximate surface area is 114 Å². The molecule has 0 aliphatic carbocycles. The number of nitrogens with zero attached hydrogens (tertiary/aromatic N) is 2. The van der Waals surface area contributed by atoms with E-state index in [0.29, 0.717) is 19.5 Å². The molecule has 5 nitrogen and oxygen atoms in total. The standard InChI is InChI=1S/C14H21N3O2/c1-4-12-5-6-13(16-9-12)10-17(3)14(19)7-8-15-11(2)18/h5-6,9H,4,7-8,10H2,1-3H3,(H,15,18). The summed E-state index contributed by atoms with van der Waals surface area (Å²) in [5.74, 6) is -0.123. The van der Waals surface area contributed by atoms with Gasteiger partial charge in [0.1, 0.15) is 0 Å². The van der Waals surface area contributed by atoms with Crippen molar-refractivity contribution in [2.75, 3.05) is 13.6 Å². The highest BCUT2D eigenvalue weighted by Gasteiger charge is 2.09. The van der Waals surface area contributed by atoms with Gasteiger partial charge in [-0.25, -0.2) is 0 Å². The van der Waals surface area contributed by atoms with Crippen molar-refractivity contribution in [2.24, 2.45) is 0 Å². The molecule has 1 N–H and O–H groups in total. The van der Waals surface area contributed by atoms with Crippen molar-refractivity contribution >= 4 is 11.8 Å². The Morgan fingerprint density at radius 3 is 2.63 bits per heavy atom. The number of carbonyl (C=O) groups excluding carboxylic acids is 2. The molecule has 0 atom stereocenters. The van der Waals surface area contributed by atoms with Crippen molar-refractivity contribution in [2.45, 2.75) is 33.2 Å². The maximum absolute atomic E-state index is 11.8. The molecule has 0 aliphatic rings. The Bertz CT molecular complexity index is 429. The summed E-state index contributed by atoms with van der Waals surface area (Å²) in [5, 5.41) is 2.61. The number of nitrogens with one attached hydrogen (secondary N) is 1. The van der Waals surface area contributed by atoms with Crippen molar-refractivity contribution in [3.05, 3.63) is 29.6 Å². The highest BCUT2D eigenvalue weighted by atomic mass is 16.2. The normalized spacial score (nSPS) is 10.1. The van der Waals surface area contributed by atoms with E-state index < -0.39 is 0 Å². The maximum Gasteiger partial charge on any atom is 0.224 e. The minimum atomic E-state index is -0.118. The van der Waals surface area contributed by atoms with Crippen LogP contribution in [0, 0.1) is 0 Å². The van der Waals surface area contributed by atoms with Crippen molar-refractivity contribution in [1.82, 2.24) is 15.2 Å². The number of carbonyl (C=O) groups is 2. The first-order valence-electron chi connectivity index (χ1n) is 6.45. The molecule has 0 spiro atoms. The molecule has 0 saturated heterocycles. The third-order valence-corrected chi connectivity index (χ3v) is 2.83. The third kappa shape index (κ3) is 5.50. The van der Waals surface area contributed by atoms with Gasteiger partial charge in [0.2, 0.25) is 11.8 Å². The fourth-order valence-electron chi connectivity index (χ4n) is 1.63. The van der Waals surface area contributed by atoms with Gasteiger partial charge >= 0.3 is 0 Å². The molecular weight excluding hydrogens is 242 g/mol. The lowest BCUT2D eigenvalue weighted by atomic mass is 10.2. The second kappa shape index (κ2) is 7.51. The molecular formula is C14H21N3O2. The molecule has 0 aromatic carbocycles. The average Bonchev–Trinajstić information content (AvgIpc) is 2.39. The molecule has 0 bridgehead atoms. The summed E-state index contributed by atoms with van der Waals surface area (Å²) in [6.45, 7) is 4.38. The van der Waals surface area contributed by atoms with Crippen LogP contribution in [0.1, 0.15) is 31.5 Å². The van der Waals surface area contributed by atoms with Gasteiger partial charge in [0.15, 0.2) is 0 Å². The van der Waals surface area contributed by atoms with E-state index in [0.717, 1.165) is 12.1 Å². The molecule has 1 heterocycles. The lowest BCUT2D eigenvalue weighted by molar-refractivity contribution is -0.130. The Kier molecular flexibility index (Phi) is 5.99. The van der Waals surface area contributed by atoms with Crippen LogP contribution < -0.4 is 5.32 Å². The molecule has 19 heavy (non-hydrogen) atoms. The highest BCUT2D eigenvalue weighted by Crippen LogP contribution is 2.04. The SMILES string of the molecule is CCc1ccc(CN(C)C(=O)CCNC(C)=O)nc1. The summed E-state index contributed by atoms with van der Waals surface area (Å²) in [5.41, 5.74) is 2.05. The molecule has 1 aromatic rings. The zero-order valence-electron chi connectivity index (χ0n) is 11.8. The molecule has 104 valence electrons. The zero-order chi connectivity index (χ0) is 14.3. The summed E-state index contributed by atoms with van der Waals surface area (Å²) < 4.78 is 0. The lowest BCUT2D eigenvalue weighted by Gasteiger charge is -2.16. The quantitative estimate of drug-likeness (QED) is 0.837. The smallest absolute Gasteiger partial charge is 0.224 e. The van der Waals surface area contributed by atoms with Gasteiger partial charge in [-0.15, -0.1) is 0 Å².